The summed E-state index contributed by atoms with van der Waals surface area (Å²) in [4.78, 5) is 24.7. The molecule has 9 nitrogen and oxygen atoms in total. The first kappa shape index (κ1) is 17.6. The van der Waals surface area contributed by atoms with Gasteiger partial charge in [0.1, 0.15) is 0 Å². The number of carbonyl (C=O) groups is 1. The molecule has 2 heterocycles. The molecule has 0 aliphatic heterocycles. The number of amides is 1. The molecule has 1 amide bonds. The molecule has 0 saturated heterocycles. The lowest BCUT2D eigenvalue weighted by molar-refractivity contribution is -0.389. The van der Waals surface area contributed by atoms with Crippen LogP contribution < -0.4 is 0 Å². The second-order valence-electron chi connectivity index (χ2n) is 5.84. The van der Waals surface area contributed by atoms with E-state index in [4.69, 9.17) is 0 Å². The van der Waals surface area contributed by atoms with Crippen molar-refractivity contribution < 1.29 is 9.72 Å². The van der Waals surface area contributed by atoms with Gasteiger partial charge in [-0.05, 0) is 25.2 Å². The molecule has 130 valence electrons. The van der Waals surface area contributed by atoms with Crippen LogP contribution in [-0.4, -0.2) is 42.3 Å². The van der Waals surface area contributed by atoms with E-state index in [1.807, 2.05) is 20.9 Å². The number of rotatable bonds is 6. The fourth-order valence-corrected chi connectivity index (χ4v) is 2.62. The Kier molecular flexibility index (Phi) is 5.01. The lowest BCUT2D eigenvalue weighted by Gasteiger charge is -2.22. The molecule has 0 fully saturated rings. The standard InChI is InChI=1S/C15H22N6O3/c1-6-13(20-10(2)7-14(17-20)21(23)24)15(22)18(4)9-12-8-16-19(5)11(12)3/h7-8,13H,6,9H2,1-5H3. The van der Waals surface area contributed by atoms with Crippen LogP contribution in [-0.2, 0) is 18.4 Å². The quantitative estimate of drug-likeness (QED) is 0.592. The number of likely N-dealkylation sites (N-methyl/N-ethyl adjacent to an activating group) is 1. The summed E-state index contributed by atoms with van der Waals surface area (Å²) >= 11 is 0. The van der Waals surface area contributed by atoms with E-state index in [0.29, 0.717) is 18.7 Å². The van der Waals surface area contributed by atoms with Gasteiger partial charge >= 0.3 is 5.82 Å². The lowest BCUT2D eigenvalue weighted by Crippen LogP contribution is -2.34. The van der Waals surface area contributed by atoms with Crippen LogP contribution >= 0.6 is 0 Å². The summed E-state index contributed by atoms with van der Waals surface area (Å²) in [6.45, 7) is 5.94. The summed E-state index contributed by atoms with van der Waals surface area (Å²) in [6, 6.07) is 0.807. The molecule has 0 bridgehead atoms. The Morgan fingerprint density at radius 1 is 1.46 bits per heavy atom. The molecule has 9 heteroatoms. The van der Waals surface area contributed by atoms with Gasteiger partial charge in [-0.3, -0.25) is 9.48 Å². The van der Waals surface area contributed by atoms with Crippen LogP contribution in [0.5, 0.6) is 0 Å². The summed E-state index contributed by atoms with van der Waals surface area (Å²) < 4.78 is 3.19. The van der Waals surface area contributed by atoms with Crippen molar-refractivity contribution in [1.82, 2.24) is 24.5 Å². The summed E-state index contributed by atoms with van der Waals surface area (Å²) in [5.41, 5.74) is 2.55. The van der Waals surface area contributed by atoms with Crippen molar-refractivity contribution in [3.05, 3.63) is 39.3 Å². The fourth-order valence-electron chi connectivity index (χ4n) is 2.62. The Balaban J connectivity index is 2.22. The van der Waals surface area contributed by atoms with Gasteiger partial charge in [-0.1, -0.05) is 6.92 Å². The van der Waals surface area contributed by atoms with Gasteiger partial charge in [-0.25, -0.2) is 0 Å². The molecular formula is C15H22N6O3. The van der Waals surface area contributed by atoms with Gasteiger partial charge in [0.2, 0.25) is 5.91 Å². The van der Waals surface area contributed by atoms with Gasteiger partial charge in [0, 0.05) is 31.9 Å². The molecule has 0 N–H and O–H groups in total. The second kappa shape index (κ2) is 6.81. The third-order valence-corrected chi connectivity index (χ3v) is 4.18. The largest absolute Gasteiger partial charge is 0.390 e. The highest BCUT2D eigenvalue weighted by atomic mass is 16.6. The average Bonchev–Trinajstić information content (AvgIpc) is 3.06. The average molecular weight is 334 g/mol. The number of hydrogen-bond acceptors (Lipinski definition) is 5. The summed E-state index contributed by atoms with van der Waals surface area (Å²) in [5.74, 6) is -0.383. The highest BCUT2D eigenvalue weighted by Crippen LogP contribution is 2.21. The Morgan fingerprint density at radius 3 is 2.58 bits per heavy atom. The molecule has 1 unspecified atom stereocenters. The zero-order valence-electron chi connectivity index (χ0n) is 14.6. The molecule has 0 aromatic carbocycles. The molecule has 0 aliphatic rings. The zero-order valence-corrected chi connectivity index (χ0v) is 14.6. The predicted octanol–water partition coefficient (Wildman–Crippen LogP) is 1.75. The van der Waals surface area contributed by atoms with Crippen molar-refractivity contribution in [2.24, 2.45) is 7.05 Å². The van der Waals surface area contributed by atoms with E-state index in [2.05, 4.69) is 10.2 Å². The van der Waals surface area contributed by atoms with Gasteiger partial charge < -0.3 is 15.0 Å². The molecule has 2 aromatic heterocycles. The minimum absolute atomic E-state index is 0.137. The van der Waals surface area contributed by atoms with Crippen LogP contribution in [0.3, 0.4) is 0 Å². The first-order valence-corrected chi connectivity index (χ1v) is 7.69. The van der Waals surface area contributed by atoms with E-state index in [0.717, 1.165) is 11.3 Å². The normalized spacial score (nSPS) is 12.2. The molecule has 0 saturated carbocycles. The van der Waals surface area contributed by atoms with Crippen molar-refractivity contribution >= 4 is 11.7 Å². The summed E-state index contributed by atoms with van der Waals surface area (Å²) in [5, 5.41) is 19.0. The Morgan fingerprint density at radius 2 is 2.12 bits per heavy atom. The highest BCUT2D eigenvalue weighted by molar-refractivity contribution is 5.80. The minimum atomic E-state index is -0.569. The van der Waals surface area contributed by atoms with Crippen molar-refractivity contribution in [3.8, 4) is 0 Å². The summed E-state index contributed by atoms with van der Waals surface area (Å²) in [7, 11) is 3.56. The third-order valence-electron chi connectivity index (χ3n) is 4.18. The Bertz CT molecular complexity index is 763. The highest BCUT2D eigenvalue weighted by Gasteiger charge is 2.29. The van der Waals surface area contributed by atoms with Crippen molar-refractivity contribution in [2.45, 2.75) is 39.8 Å². The SMILES string of the molecule is CCC(C(=O)N(C)Cc1cnn(C)c1C)n1nc([N+](=O)[O-])cc1C. The number of carbonyl (C=O) groups excluding carboxylic acids is 1. The van der Waals surface area contributed by atoms with Gasteiger partial charge in [-0.2, -0.15) is 9.78 Å². The Hall–Kier alpha value is -2.71. The number of aryl methyl sites for hydroxylation is 2. The van der Waals surface area contributed by atoms with Crippen LogP contribution in [0.2, 0.25) is 0 Å². The molecule has 1 atom stereocenters. The van der Waals surface area contributed by atoms with Crippen LogP contribution in [0.1, 0.15) is 36.3 Å². The fraction of sp³-hybridized carbons (Fsp3) is 0.533. The smallest absolute Gasteiger partial charge is 0.358 e. The second-order valence-corrected chi connectivity index (χ2v) is 5.84. The van der Waals surface area contributed by atoms with E-state index >= 15 is 0 Å². The molecule has 2 aromatic rings. The summed E-state index contributed by atoms with van der Waals surface area (Å²) in [6.07, 6.45) is 2.24. The first-order valence-electron chi connectivity index (χ1n) is 7.69. The van der Waals surface area contributed by atoms with Gasteiger partial charge in [0.25, 0.3) is 0 Å². The van der Waals surface area contributed by atoms with E-state index in [-0.39, 0.29) is 11.7 Å². The first-order chi connectivity index (χ1) is 11.3. The molecule has 24 heavy (non-hydrogen) atoms. The van der Waals surface area contributed by atoms with Crippen molar-refractivity contribution in [1.29, 1.82) is 0 Å². The minimum Gasteiger partial charge on any atom is -0.358 e. The molecule has 2 rings (SSSR count). The maximum atomic E-state index is 12.8. The van der Waals surface area contributed by atoms with Gasteiger partial charge in [0.15, 0.2) is 6.04 Å². The van der Waals surface area contributed by atoms with Crippen molar-refractivity contribution in [2.75, 3.05) is 7.05 Å². The van der Waals surface area contributed by atoms with E-state index < -0.39 is 11.0 Å². The number of hydrogen-bond donors (Lipinski definition) is 0. The third kappa shape index (κ3) is 3.29. The number of nitrogens with zero attached hydrogens (tertiary/aromatic N) is 6. The van der Waals surface area contributed by atoms with Crippen LogP contribution in [0.4, 0.5) is 5.82 Å². The number of aromatic nitrogens is 4. The van der Waals surface area contributed by atoms with Gasteiger partial charge in [-0.15, -0.1) is 0 Å². The molecule has 0 spiro atoms. The van der Waals surface area contributed by atoms with Crippen LogP contribution in [0.25, 0.3) is 0 Å². The predicted molar refractivity (Wildman–Crippen MR) is 87.4 cm³/mol. The van der Waals surface area contributed by atoms with E-state index in [9.17, 15) is 14.9 Å². The van der Waals surface area contributed by atoms with Crippen molar-refractivity contribution in [3.63, 3.8) is 0 Å². The van der Waals surface area contributed by atoms with Gasteiger partial charge in [0.05, 0.1) is 23.1 Å². The zero-order chi connectivity index (χ0) is 18.0. The maximum Gasteiger partial charge on any atom is 0.390 e. The van der Waals surface area contributed by atoms with Crippen LogP contribution in [0, 0.1) is 24.0 Å². The monoisotopic (exact) mass is 334 g/mol. The number of nitro groups is 1. The lowest BCUT2D eigenvalue weighted by atomic mass is 10.1. The Labute approximate surface area is 140 Å². The van der Waals surface area contributed by atoms with Crippen LogP contribution in [0.15, 0.2) is 12.3 Å². The maximum absolute atomic E-state index is 12.8. The molecule has 0 radical (unpaired) electrons. The van der Waals surface area contributed by atoms with E-state index in [1.165, 1.54) is 10.7 Å². The molecular weight excluding hydrogens is 312 g/mol. The topological polar surface area (TPSA) is 99.1 Å². The van der Waals surface area contributed by atoms with E-state index in [1.54, 1.807) is 29.7 Å². The molecule has 0 aliphatic carbocycles.